The number of benzene rings is 1. The van der Waals surface area contributed by atoms with Crippen molar-refractivity contribution >= 4 is 0 Å². The first-order chi connectivity index (χ1) is 14.3. The Morgan fingerprint density at radius 3 is 1.45 bits per heavy atom. The maximum Gasteiger partial charge on any atom is 0.123 e. The Labute approximate surface area is 181 Å². The molecule has 0 fully saturated rings. The van der Waals surface area contributed by atoms with Gasteiger partial charge in [0.25, 0.3) is 0 Å². The van der Waals surface area contributed by atoms with Crippen molar-refractivity contribution in [1.82, 2.24) is 5.32 Å². The quantitative estimate of drug-likeness (QED) is 0.202. The van der Waals surface area contributed by atoms with Crippen LogP contribution >= 0.6 is 0 Å². The van der Waals surface area contributed by atoms with E-state index in [0.717, 1.165) is 25.9 Å². The average molecular weight is 406 g/mol. The van der Waals surface area contributed by atoms with Crippen LogP contribution in [0.5, 0.6) is 0 Å². The van der Waals surface area contributed by atoms with E-state index in [1.807, 2.05) is 12.1 Å². The summed E-state index contributed by atoms with van der Waals surface area (Å²) in [7, 11) is 0. The second-order valence-electron chi connectivity index (χ2n) is 8.78. The Hall–Kier alpha value is -0.890. The zero-order valence-corrected chi connectivity index (χ0v) is 19.3. The van der Waals surface area contributed by atoms with E-state index in [4.69, 9.17) is 0 Å². The predicted molar refractivity (Wildman–Crippen MR) is 127 cm³/mol. The molecule has 1 nitrogen and oxygen atoms in total. The Bertz CT molecular complexity index is 442. The summed E-state index contributed by atoms with van der Waals surface area (Å²) in [5.74, 6) is -0.143. The Morgan fingerprint density at radius 1 is 0.552 bits per heavy atom. The minimum atomic E-state index is -0.143. The van der Waals surface area contributed by atoms with Crippen molar-refractivity contribution in [2.75, 3.05) is 13.1 Å². The lowest BCUT2D eigenvalue weighted by molar-refractivity contribution is 0.524. The SMILES string of the molecule is CCCCCCCCCCCCCCCCCCNCCCc1ccc(F)cc1. The summed E-state index contributed by atoms with van der Waals surface area (Å²) >= 11 is 0. The first-order valence-electron chi connectivity index (χ1n) is 12.8. The number of hydrogen-bond donors (Lipinski definition) is 1. The molecule has 0 bridgehead atoms. The molecular weight excluding hydrogens is 357 g/mol. The van der Waals surface area contributed by atoms with Gasteiger partial charge >= 0.3 is 0 Å². The molecule has 1 aromatic carbocycles. The van der Waals surface area contributed by atoms with Crippen LogP contribution in [0.2, 0.25) is 0 Å². The van der Waals surface area contributed by atoms with E-state index in [1.165, 1.54) is 108 Å². The molecule has 1 rings (SSSR count). The van der Waals surface area contributed by atoms with Crippen LogP contribution in [0.3, 0.4) is 0 Å². The van der Waals surface area contributed by atoms with Gasteiger partial charge in [-0.3, -0.25) is 0 Å². The zero-order valence-electron chi connectivity index (χ0n) is 19.3. The van der Waals surface area contributed by atoms with Gasteiger partial charge in [-0.25, -0.2) is 4.39 Å². The molecule has 0 heterocycles. The van der Waals surface area contributed by atoms with E-state index in [1.54, 1.807) is 12.1 Å². The molecule has 0 aliphatic rings. The predicted octanol–water partition coefficient (Wildman–Crippen LogP) is 8.61. The van der Waals surface area contributed by atoms with E-state index in [0.29, 0.717) is 0 Å². The number of nitrogens with one attached hydrogen (secondary N) is 1. The summed E-state index contributed by atoms with van der Waals surface area (Å²) in [5.41, 5.74) is 1.23. The third-order valence-corrected chi connectivity index (χ3v) is 5.94. The summed E-state index contributed by atoms with van der Waals surface area (Å²) in [6.07, 6.45) is 25.0. The van der Waals surface area contributed by atoms with Gasteiger partial charge in [-0.2, -0.15) is 0 Å². The molecule has 2 heteroatoms. The first kappa shape index (κ1) is 26.1. The maximum absolute atomic E-state index is 12.8. The third-order valence-electron chi connectivity index (χ3n) is 5.94. The molecule has 1 aromatic rings. The Morgan fingerprint density at radius 2 is 0.966 bits per heavy atom. The molecule has 0 spiro atoms. The highest BCUT2D eigenvalue weighted by Gasteiger charge is 1.96. The molecule has 0 saturated carbocycles. The van der Waals surface area contributed by atoms with Gasteiger partial charge < -0.3 is 5.32 Å². The topological polar surface area (TPSA) is 12.0 Å². The maximum atomic E-state index is 12.8. The standard InChI is InChI=1S/C27H48FN/c1-2-3-4-5-6-7-8-9-10-11-12-13-14-15-16-17-24-29-25-18-19-26-20-22-27(28)23-21-26/h20-23,29H,2-19,24-25H2,1H3. The molecule has 0 saturated heterocycles. The van der Waals surface area contributed by atoms with Crippen molar-refractivity contribution in [2.45, 2.75) is 122 Å². The number of rotatable bonds is 21. The van der Waals surface area contributed by atoms with Gasteiger partial charge in [0.05, 0.1) is 0 Å². The molecule has 168 valence electrons. The summed E-state index contributed by atoms with van der Waals surface area (Å²) in [5, 5.41) is 3.54. The van der Waals surface area contributed by atoms with Gasteiger partial charge in [-0.05, 0) is 50.0 Å². The lowest BCUT2D eigenvalue weighted by atomic mass is 10.0. The highest BCUT2D eigenvalue weighted by atomic mass is 19.1. The second-order valence-corrected chi connectivity index (χ2v) is 8.78. The summed E-state index contributed by atoms with van der Waals surface area (Å²) in [4.78, 5) is 0. The molecule has 0 radical (unpaired) electrons. The van der Waals surface area contributed by atoms with E-state index in [9.17, 15) is 4.39 Å². The van der Waals surface area contributed by atoms with Crippen LogP contribution in [0.4, 0.5) is 4.39 Å². The van der Waals surface area contributed by atoms with Crippen LogP contribution in [0.15, 0.2) is 24.3 Å². The number of halogens is 1. The second kappa shape index (κ2) is 20.4. The van der Waals surface area contributed by atoms with E-state index in [-0.39, 0.29) is 5.82 Å². The molecule has 29 heavy (non-hydrogen) atoms. The van der Waals surface area contributed by atoms with Crippen molar-refractivity contribution in [2.24, 2.45) is 0 Å². The summed E-state index contributed by atoms with van der Waals surface area (Å²) < 4.78 is 12.8. The van der Waals surface area contributed by atoms with Gasteiger partial charge in [0.1, 0.15) is 5.82 Å². The fourth-order valence-corrected chi connectivity index (χ4v) is 3.99. The van der Waals surface area contributed by atoms with Crippen molar-refractivity contribution in [1.29, 1.82) is 0 Å². The van der Waals surface area contributed by atoms with E-state index >= 15 is 0 Å². The van der Waals surface area contributed by atoms with Gasteiger partial charge in [0.15, 0.2) is 0 Å². The van der Waals surface area contributed by atoms with Crippen molar-refractivity contribution < 1.29 is 4.39 Å². The van der Waals surface area contributed by atoms with Gasteiger partial charge in [0.2, 0.25) is 0 Å². The fraction of sp³-hybridized carbons (Fsp3) is 0.778. The Balaban J connectivity index is 1.69. The van der Waals surface area contributed by atoms with Crippen LogP contribution in [0.25, 0.3) is 0 Å². The fourth-order valence-electron chi connectivity index (χ4n) is 3.99. The molecule has 0 atom stereocenters. The summed E-state index contributed by atoms with van der Waals surface area (Å²) in [6, 6.07) is 6.90. The van der Waals surface area contributed by atoms with Crippen molar-refractivity contribution in [3.63, 3.8) is 0 Å². The molecular formula is C27H48FN. The van der Waals surface area contributed by atoms with Crippen LogP contribution in [-0.4, -0.2) is 13.1 Å². The minimum absolute atomic E-state index is 0.143. The third kappa shape index (κ3) is 17.7. The van der Waals surface area contributed by atoms with Gasteiger partial charge in [0, 0.05) is 0 Å². The summed E-state index contributed by atoms with van der Waals surface area (Å²) in [6.45, 7) is 4.50. The van der Waals surface area contributed by atoms with Crippen molar-refractivity contribution in [3.8, 4) is 0 Å². The van der Waals surface area contributed by atoms with Crippen LogP contribution in [0, 0.1) is 5.82 Å². The molecule has 0 aliphatic heterocycles. The van der Waals surface area contributed by atoms with Gasteiger partial charge in [-0.15, -0.1) is 0 Å². The van der Waals surface area contributed by atoms with Crippen molar-refractivity contribution in [3.05, 3.63) is 35.6 Å². The number of aryl methyl sites for hydroxylation is 1. The normalized spacial score (nSPS) is 11.2. The van der Waals surface area contributed by atoms with E-state index < -0.39 is 0 Å². The lowest BCUT2D eigenvalue weighted by Crippen LogP contribution is -2.17. The molecule has 0 amide bonds. The van der Waals surface area contributed by atoms with Crippen LogP contribution in [0.1, 0.15) is 122 Å². The molecule has 0 aromatic heterocycles. The number of hydrogen-bond acceptors (Lipinski definition) is 1. The molecule has 0 aliphatic carbocycles. The monoisotopic (exact) mass is 405 g/mol. The minimum Gasteiger partial charge on any atom is -0.317 e. The smallest absolute Gasteiger partial charge is 0.123 e. The molecule has 0 unspecified atom stereocenters. The lowest BCUT2D eigenvalue weighted by Gasteiger charge is -2.06. The largest absolute Gasteiger partial charge is 0.317 e. The zero-order chi connectivity index (χ0) is 20.8. The van der Waals surface area contributed by atoms with E-state index in [2.05, 4.69) is 12.2 Å². The van der Waals surface area contributed by atoms with Crippen LogP contribution in [-0.2, 0) is 6.42 Å². The Kier molecular flexibility index (Phi) is 18.4. The van der Waals surface area contributed by atoms with Gasteiger partial charge in [-0.1, -0.05) is 115 Å². The average Bonchev–Trinajstić information content (AvgIpc) is 2.73. The highest BCUT2D eigenvalue weighted by molar-refractivity contribution is 5.15. The first-order valence-corrected chi connectivity index (χ1v) is 12.8. The number of unbranched alkanes of at least 4 members (excludes halogenated alkanes) is 15. The molecule has 1 N–H and O–H groups in total. The highest BCUT2D eigenvalue weighted by Crippen LogP contribution is 2.13. The van der Waals surface area contributed by atoms with Crippen LogP contribution < -0.4 is 5.32 Å².